The molecule has 7 nitrogen and oxygen atoms in total. The number of fused-ring (bicyclic) bond motifs is 2. The quantitative estimate of drug-likeness (QED) is 0.576. The van der Waals surface area contributed by atoms with Crippen LogP contribution in [0.1, 0.15) is 28.5 Å². The molecule has 2 heterocycles. The number of anilines is 2. The summed E-state index contributed by atoms with van der Waals surface area (Å²) >= 11 is 0. The monoisotopic (exact) mass is 431 g/mol. The molecule has 2 aromatic carbocycles. The van der Waals surface area contributed by atoms with Gasteiger partial charge in [-0.15, -0.1) is 0 Å². The van der Waals surface area contributed by atoms with E-state index >= 15 is 0 Å². The molecule has 0 aliphatic carbocycles. The van der Waals surface area contributed by atoms with Gasteiger partial charge in [0.05, 0.1) is 16.8 Å². The van der Waals surface area contributed by atoms with E-state index in [9.17, 15) is 22.8 Å². The van der Waals surface area contributed by atoms with E-state index in [0.29, 0.717) is 16.8 Å². The van der Waals surface area contributed by atoms with Crippen molar-refractivity contribution in [1.82, 2.24) is 20.4 Å². The molecule has 3 N–H and O–H groups in total. The zero-order valence-electron chi connectivity index (χ0n) is 16.8. The van der Waals surface area contributed by atoms with Crippen molar-refractivity contribution in [3.05, 3.63) is 53.2 Å². The SMILES string of the molecule is Cc1[nH]nc2cc(Nc3cccc4c3C(=O)N(CC(=O)NC(C)C(F)(F)F)C4)ccc12. The van der Waals surface area contributed by atoms with Crippen LogP contribution in [0.2, 0.25) is 0 Å². The van der Waals surface area contributed by atoms with E-state index in [0.717, 1.165) is 29.2 Å². The standard InChI is InChI=1S/C21H20F3N5O2/c1-11-15-7-6-14(8-17(15)28-27-11)26-16-5-3-4-13-9-29(20(31)19(13)16)10-18(30)25-12(2)21(22,23)24/h3-8,12,26H,9-10H2,1-2H3,(H,25,30)(H,27,28). The number of carbonyl (C=O) groups is 2. The Morgan fingerprint density at radius 3 is 2.81 bits per heavy atom. The summed E-state index contributed by atoms with van der Waals surface area (Å²) in [6.07, 6.45) is -4.54. The Hall–Kier alpha value is -3.56. The lowest BCUT2D eigenvalue weighted by atomic mass is 10.1. The minimum Gasteiger partial charge on any atom is -0.355 e. The molecule has 1 unspecified atom stereocenters. The Kier molecular flexibility index (Phi) is 5.08. The van der Waals surface area contributed by atoms with Gasteiger partial charge in [0.2, 0.25) is 5.91 Å². The number of hydrogen-bond donors (Lipinski definition) is 3. The van der Waals surface area contributed by atoms with Crippen molar-refractivity contribution in [2.24, 2.45) is 0 Å². The molecule has 0 bridgehead atoms. The van der Waals surface area contributed by atoms with Crippen LogP contribution in [-0.4, -0.2) is 45.7 Å². The number of nitrogens with one attached hydrogen (secondary N) is 3. The van der Waals surface area contributed by atoms with Gasteiger partial charge in [0.1, 0.15) is 12.6 Å². The molecule has 162 valence electrons. The van der Waals surface area contributed by atoms with Crippen molar-refractivity contribution in [3.63, 3.8) is 0 Å². The summed E-state index contributed by atoms with van der Waals surface area (Å²) in [5.41, 5.74) is 4.11. The first-order valence-electron chi connectivity index (χ1n) is 9.62. The molecule has 1 aliphatic heterocycles. The minimum atomic E-state index is -4.54. The molecule has 31 heavy (non-hydrogen) atoms. The van der Waals surface area contributed by atoms with E-state index in [1.54, 1.807) is 18.2 Å². The summed E-state index contributed by atoms with van der Waals surface area (Å²) in [7, 11) is 0. The number of amides is 2. The van der Waals surface area contributed by atoms with E-state index in [1.807, 2.05) is 30.4 Å². The Bertz CT molecular complexity index is 1170. The van der Waals surface area contributed by atoms with Gasteiger partial charge in [0.15, 0.2) is 0 Å². The average Bonchev–Trinajstić information content (AvgIpc) is 3.21. The van der Waals surface area contributed by atoms with Crippen LogP contribution < -0.4 is 10.6 Å². The van der Waals surface area contributed by atoms with Crippen LogP contribution in [0.5, 0.6) is 0 Å². The van der Waals surface area contributed by atoms with E-state index in [-0.39, 0.29) is 6.54 Å². The maximum atomic E-state index is 12.9. The van der Waals surface area contributed by atoms with Crippen molar-refractivity contribution in [3.8, 4) is 0 Å². The molecule has 1 atom stereocenters. The number of benzene rings is 2. The predicted molar refractivity (Wildman–Crippen MR) is 109 cm³/mol. The van der Waals surface area contributed by atoms with Gasteiger partial charge in [-0.3, -0.25) is 14.7 Å². The number of nitrogens with zero attached hydrogens (tertiary/aromatic N) is 2. The van der Waals surface area contributed by atoms with Gasteiger partial charge in [0.25, 0.3) is 5.91 Å². The van der Waals surface area contributed by atoms with Gasteiger partial charge in [-0.1, -0.05) is 12.1 Å². The van der Waals surface area contributed by atoms with Gasteiger partial charge in [-0.2, -0.15) is 18.3 Å². The maximum absolute atomic E-state index is 12.9. The van der Waals surface area contributed by atoms with Crippen molar-refractivity contribution < 1.29 is 22.8 Å². The third-order valence-corrected chi connectivity index (χ3v) is 5.24. The highest BCUT2D eigenvalue weighted by Crippen LogP contribution is 2.32. The minimum absolute atomic E-state index is 0.148. The van der Waals surface area contributed by atoms with E-state index < -0.39 is 30.6 Å². The van der Waals surface area contributed by atoms with Crippen LogP contribution in [0.3, 0.4) is 0 Å². The molecular weight excluding hydrogens is 411 g/mol. The van der Waals surface area contributed by atoms with E-state index in [1.165, 1.54) is 4.90 Å². The third kappa shape index (κ3) is 4.05. The average molecular weight is 431 g/mol. The molecule has 10 heteroatoms. The van der Waals surface area contributed by atoms with Crippen molar-refractivity contribution in [1.29, 1.82) is 0 Å². The summed E-state index contributed by atoms with van der Waals surface area (Å²) in [6.45, 7) is 2.48. The first kappa shape index (κ1) is 20.7. The Morgan fingerprint density at radius 1 is 1.29 bits per heavy atom. The lowest BCUT2D eigenvalue weighted by molar-refractivity contribution is -0.158. The summed E-state index contributed by atoms with van der Waals surface area (Å²) < 4.78 is 38.0. The Morgan fingerprint density at radius 2 is 2.06 bits per heavy atom. The highest BCUT2D eigenvalue weighted by Gasteiger charge is 2.38. The van der Waals surface area contributed by atoms with Crippen LogP contribution in [0.15, 0.2) is 36.4 Å². The van der Waals surface area contributed by atoms with Crippen LogP contribution in [-0.2, 0) is 11.3 Å². The first-order chi connectivity index (χ1) is 14.6. The summed E-state index contributed by atoms with van der Waals surface area (Å²) in [6, 6.07) is 8.93. The summed E-state index contributed by atoms with van der Waals surface area (Å²) in [5, 5.41) is 13.2. The van der Waals surface area contributed by atoms with Crippen molar-refractivity contribution in [2.75, 3.05) is 11.9 Å². The molecule has 4 rings (SSSR count). The van der Waals surface area contributed by atoms with Crippen LogP contribution in [0, 0.1) is 6.92 Å². The second-order valence-electron chi connectivity index (χ2n) is 7.54. The van der Waals surface area contributed by atoms with Crippen LogP contribution in [0.25, 0.3) is 10.9 Å². The molecule has 1 aromatic heterocycles. The normalized spacial score (nSPS) is 14.6. The van der Waals surface area contributed by atoms with Gasteiger partial charge < -0.3 is 15.5 Å². The fraction of sp³-hybridized carbons (Fsp3) is 0.286. The number of halogens is 3. The Labute approximate surface area is 175 Å². The lowest BCUT2D eigenvalue weighted by Gasteiger charge is -2.20. The molecular formula is C21H20F3N5O2. The number of carbonyl (C=O) groups excluding carboxylic acids is 2. The molecule has 0 radical (unpaired) electrons. The molecule has 0 saturated carbocycles. The third-order valence-electron chi connectivity index (χ3n) is 5.24. The molecule has 0 saturated heterocycles. The fourth-order valence-electron chi connectivity index (χ4n) is 3.57. The number of aromatic amines is 1. The van der Waals surface area contributed by atoms with Crippen LogP contribution in [0.4, 0.5) is 24.5 Å². The zero-order chi connectivity index (χ0) is 22.3. The van der Waals surface area contributed by atoms with Gasteiger partial charge in [-0.25, -0.2) is 0 Å². The number of H-pyrrole nitrogens is 1. The largest absolute Gasteiger partial charge is 0.408 e. The molecule has 0 fully saturated rings. The van der Waals surface area contributed by atoms with Gasteiger partial charge >= 0.3 is 6.18 Å². The smallest absolute Gasteiger partial charge is 0.355 e. The fourth-order valence-corrected chi connectivity index (χ4v) is 3.57. The van der Waals surface area contributed by atoms with E-state index in [2.05, 4.69) is 15.5 Å². The maximum Gasteiger partial charge on any atom is 0.408 e. The van der Waals surface area contributed by atoms with Gasteiger partial charge in [-0.05, 0) is 43.7 Å². The molecule has 2 amide bonds. The van der Waals surface area contributed by atoms with Crippen molar-refractivity contribution >= 4 is 34.1 Å². The number of rotatable bonds is 5. The summed E-state index contributed by atoms with van der Waals surface area (Å²) in [4.78, 5) is 26.2. The highest BCUT2D eigenvalue weighted by molar-refractivity contribution is 6.05. The number of alkyl halides is 3. The number of aromatic nitrogens is 2. The first-order valence-corrected chi connectivity index (χ1v) is 9.62. The second kappa shape index (κ2) is 7.60. The van der Waals surface area contributed by atoms with E-state index in [4.69, 9.17) is 0 Å². The Balaban J connectivity index is 1.51. The second-order valence-corrected chi connectivity index (χ2v) is 7.54. The molecule has 0 spiro atoms. The van der Waals surface area contributed by atoms with Crippen molar-refractivity contribution in [2.45, 2.75) is 32.6 Å². The van der Waals surface area contributed by atoms with Gasteiger partial charge in [0, 0.05) is 23.3 Å². The van der Waals surface area contributed by atoms with Crippen LogP contribution >= 0.6 is 0 Å². The topological polar surface area (TPSA) is 90.1 Å². The highest BCUT2D eigenvalue weighted by atomic mass is 19.4. The molecule has 1 aliphatic rings. The summed E-state index contributed by atoms with van der Waals surface area (Å²) in [5.74, 6) is -1.27. The lowest BCUT2D eigenvalue weighted by Crippen LogP contribution is -2.47. The predicted octanol–water partition coefficient (Wildman–Crippen LogP) is 3.64. The number of hydrogen-bond acceptors (Lipinski definition) is 4. The molecule has 3 aromatic rings. The number of aryl methyl sites for hydroxylation is 1. The zero-order valence-corrected chi connectivity index (χ0v) is 16.8.